The fourth-order valence-electron chi connectivity index (χ4n) is 3.09. The Morgan fingerprint density at radius 2 is 1.77 bits per heavy atom. The van der Waals surface area contributed by atoms with E-state index in [-0.39, 0.29) is 5.91 Å². The summed E-state index contributed by atoms with van der Waals surface area (Å²) in [6.07, 6.45) is 1.13. The summed E-state index contributed by atoms with van der Waals surface area (Å²) in [6, 6.07) is 14.1. The van der Waals surface area contributed by atoms with Crippen molar-refractivity contribution in [3.63, 3.8) is 0 Å². The molecule has 5 heteroatoms. The largest absolute Gasteiger partial charge is 0.369 e. The van der Waals surface area contributed by atoms with E-state index in [4.69, 9.17) is 11.6 Å². The normalized spacial score (nSPS) is 15.1. The lowest BCUT2D eigenvalue weighted by atomic mass is 10.1. The van der Waals surface area contributed by atoms with Crippen LogP contribution in [0.1, 0.15) is 17.5 Å². The number of halogens is 1. The van der Waals surface area contributed by atoms with Crippen molar-refractivity contribution in [2.45, 2.75) is 19.8 Å². The fraction of sp³-hybridized carbons (Fsp3) is 0.381. The molecule has 1 heterocycles. The van der Waals surface area contributed by atoms with Crippen LogP contribution in [0.15, 0.2) is 42.5 Å². The minimum atomic E-state index is 0.0223. The van der Waals surface area contributed by atoms with Crippen molar-refractivity contribution in [2.75, 3.05) is 43.4 Å². The standard InChI is InChI=1S/C21H26ClN3O/c1-16-3-4-17(15-20(16)22)5-10-21(26)23-18-6-8-19(9-7-18)25-13-11-24(2)12-14-25/h3-4,6-9,15H,5,10-14H2,1-2H3,(H,23,26). The summed E-state index contributed by atoms with van der Waals surface area (Å²) < 4.78 is 0. The molecule has 0 spiro atoms. The molecule has 4 nitrogen and oxygen atoms in total. The van der Waals surface area contributed by atoms with E-state index in [9.17, 15) is 4.79 Å². The number of aryl methyl sites for hydroxylation is 2. The van der Waals surface area contributed by atoms with Crippen LogP contribution in [-0.2, 0) is 11.2 Å². The molecule has 0 saturated carbocycles. The summed E-state index contributed by atoms with van der Waals surface area (Å²) in [5.41, 5.74) is 4.20. The molecule has 2 aromatic carbocycles. The zero-order valence-electron chi connectivity index (χ0n) is 15.5. The summed E-state index contributed by atoms with van der Waals surface area (Å²) >= 11 is 6.14. The number of rotatable bonds is 5. The fourth-order valence-corrected chi connectivity index (χ4v) is 3.30. The molecular formula is C21H26ClN3O. The van der Waals surface area contributed by atoms with Crippen LogP contribution in [-0.4, -0.2) is 44.0 Å². The summed E-state index contributed by atoms with van der Waals surface area (Å²) in [6.45, 7) is 6.23. The zero-order valence-corrected chi connectivity index (χ0v) is 16.2. The SMILES string of the molecule is Cc1ccc(CCC(=O)Nc2ccc(N3CCN(C)CC3)cc2)cc1Cl. The third-order valence-corrected chi connectivity index (χ3v) is 5.30. The molecule has 0 atom stereocenters. The molecule has 1 aliphatic heterocycles. The molecule has 1 aliphatic rings. The van der Waals surface area contributed by atoms with Crippen LogP contribution in [0.25, 0.3) is 0 Å². The van der Waals surface area contributed by atoms with Gasteiger partial charge in [-0.2, -0.15) is 0 Å². The summed E-state index contributed by atoms with van der Waals surface area (Å²) in [7, 11) is 2.15. The van der Waals surface area contributed by atoms with E-state index in [1.165, 1.54) is 5.69 Å². The van der Waals surface area contributed by atoms with Crippen LogP contribution < -0.4 is 10.2 Å². The van der Waals surface area contributed by atoms with Gasteiger partial charge in [0.2, 0.25) is 5.91 Å². The number of hydrogen-bond acceptors (Lipinski definition) is 3. The van der Waals surface area contributed by atoms with Gasteiger partial charge in [0.15, 0.2) is 0 Å². The van der Waals surface area contributed by atoms with Gasteiger partial charge in [-0.1, -0.05) is 23.7 Å². The van der Waals surface area contributed by atoms with Crippen molar-refractivity contribution >= 4 is 28.9 Å². The van der Waals surface area contributed by atoms with E-state index in [2.05, 4.69) is 34.3 Å². The number of amides is 1. The Kier molecular flexibility index (Phi) is 6.17. The van der Waals surface area contributed by atoms with Gasteiger partial charge < -0.3 is 15.1 Å². The lowest BCUT2D eigenvalue weighted by molar-refractivity contribution is -0.116. The molecular weight excluding hydrogens is 346 g/mol. The molecule has 3 rings (SSSR count). The number of hydrogen-bond donors (Lipinski definition) is 1. The van der Waals surface area contributed by atoms with Gasteiger partial charge in [0.1, 0.15) is 0 Å². The number of nitrogens with zero attached hydrogens (tertiary/aromatic N) is 2. The van der Waals surface area contributed by atoms with Crippen LogP contribution in [0.2, 0.25) is 5.02 Å². The Morgan fingerprint density at radius 3 is 2.42 bits per heavy atom. The highest BCUT2D eigenvalue weighted by Crippen LogP contribution is 2.20. The molecule has 0 bridgehead atoms. The van der Waals surface area contributed by atoms with E-state index in [0.717, 1.165) is 48.0 Å². The van der Waals surface area contributed by atoms with Crippen molar-refractivity contribution < 1.29 is 4.79 Å². The second kappa shape index (κ2) is 8.56. The van der Waals surface area contributed by atoms with Gasteiger partial charge in [0.05, 0.1) is 0 Å². The molecule has 1 amide bonds. The number of carbonyl (C=O) groups is 1. The zero-order chi connectivity index (χ0) is 18.5. The van der Waals surface area contributed by atoms with Crippen molar-refractivity contribution in [3.8, 4) is 0 Å². The lowest BCUT2D eigenvalue weighted by Crippen LogP contribution is -2.44. The maximum Gasteiger partial charge on any atom is 0.224 e. The Hall–Kier alpha value is -2.04. The van der Waals surface area contributed by atoms with Gasteiger partial charge in [-0.3, -0.25) is 4.79 Å². The van der Waals surface area contributed by atoms with Gasteiger partial charge in [-0.05, 0) is 61.9 Å². The first-order valence-electron chi connectivity index (χ1n) is 9.10. The van der Waals surface area contributed by atoms with Gasteiger partial charge >= 0.3 is 0 Å². The topological polar surface area (TPSA) is 35.6 Å². The maximum atomic E-state index is 12.2. The molecule has 138 valence electrons. The van der Waals surface area contributed by atoms with Crippen LogP contribution in [0.5, 0.6) is 0 Å². The predicted molar refractivity (Wildman–Crippen MR) is 109 cm³/mol. The predicted octanol–water partition coefficient (Wildman–Crippen LogP) is 3.97. The third-order valence-electron chi connectivity index (χ3n) is 4.90. The lowest BCUT2D eigenvalue weighted by Gasteiger charge is -2.34. The quantitative estimate of drug-likeness (QED) is 0.863. The molecule has 1 N–H and O–H groups in total. The smallest absolute Gasteiger partial charge is 0.224 e. The van der Waals surface area contributed by atoms with Gasteiger partial charge in [-0.25, -0.2) is 0 Å². The summed E-state index contributed by atoms with van der Waals surface area (Å²) in [5.74, 6) is 0.0223. The highest BCUT2D eigenvalue weighted by molar-refractivity contribution is 6.31. The number of nitrogens with one attached hydrogen (secondary N) is 1. The number of piperazine rings is 1. The second-order valence-corrected chi connectivity index (χ2v) is 7.38. The second-order valence-electron chi connectivity index (χ2n) is 6.97. The van der Waals surface area contributed by atoms with Gasteiger partial charge in [-0.15, -0.1) is 0 Å². The van der Waals surface area contributed by atoms with Crippen LogP contribution in [0.4, 0.5) is 11.4 Å². The Morgan fingerprint density at radius 1 is 1.08 bits per heavy atom. The van der Waals surface area contributed by atoms with Crippen LogP contribution in [0.3, 0.4) is 0 Å². The third kappa shape index (κ3) is 4.99. The minimum Gasteiger partial charge on any atom is -0.369 e. The van der Waals surface area contributed by atoms with E-state index < -0.39 is 0 Å². The molecule has 1 fully saturated rings. The monoisotopic (exact) mass is 371 g/mol. The van der Waals surface area contributed by atoms with Crippen LogP contribution >= 0.6 is 11.6 Å². The van der Waals surface area contributed by atoms with Crippen molar-refractivity contribution in [3.05, 3.63) is 58.6 Å². The number of carbonyl (C=O) groups excluding carboxylic acids is 1. The molecule has 0 aliphatic carbocycles. The van der Waals surface area contributed by atoms with Gasteiger partial charge in [0, 0.05) is 49.0 Å². The minimum absolute atomic E-state index is 0.0223. The van der Waals surface area contributed by atoms with Crippen molar-refractivity contribution in [2.24, 2.45) is 0 Å². The maximum absolute atomic E-state index is 12.2. The van der Waals surface area contributed by atoms with E-state index in [1.807, 2.05) is 37.3 Å². The molecule has 0 radical (unpaired) electrons. The van der Waals surface area contributed by atoms with Crippen molar-refractivity contribution in [1.29, 1.82) is 0 Å². The van der Waals surface area contributed by atoms with Crippen LogP contribution in [0, 0.1) is 6.92 Å². The molecule has 26 heavy (non-hydrogen) atoms. The summed E-state index contributed by atoms with van der Waals surface area (Å²) in [4.78, 5) is 16.9. The van der Waals surface area contributed by atoms with E-state index >= 15 is 0 Å². The molecule has 2 aromatic rings. The Labute approximate surface area is 160 Å². The van der Waals surface area contributed by atoms with Gasteiger partial charge in [0.25, 0.3) is 0 Å². The summed E-state index contributed by atoms with van der Waals surface area (Å²) in [5, 5.41) is 3.73. The molecule has 0 aromatic heterocycles. The first-order valence-corrected chi connectivity index (χ1v) is 9.47. The average molecular weight is 372 g/mol. The highest BCUT2D eigenvalue weighted by Gasteiger charge is 2.14. The molecule has 1 saturated heterocycles. The number of likely N-dealkylation sites (N-methyl/N-ethyl adjacent to an activating group) is 1. The Bertz CT molecular complexity index is 752. The first-order chi connectivity index (χ1) is 12.5. The van der Waals surface area contributed by atoms with E-state index in [1.54, 1.807) is 0 Å². The van der Waals surface area contributed by atoms with E-state index in [0.29, 0.717) is 12.8 Å². The van der Waals surface area contributed by atoms with Crippen molar-refractivity contribution in [1.82, 2.24) is 4.90 Å². The first kappa shape index (κ1) is 18.7. The number of anilines is 2. The Balaban J connectivity index is 1.50. The average Bonchev–Trinajstić information content (AvgIpc) is 2.64. The highest BCUT2D eigenvalue weighted by atomic mass is 35.5. The molecule has 0 unspecified atom stereocenters. The number of benzene rings is 2.